The van der Waals surface area contributed by atoms with Crippen molar-refractivity contribution in [1.29, 1.82) is 0 Å². The van der Waals surface area contributed by atoms with Crippen LogP contribution in [0.4, 0.5) is 0 Å². The van der Waals surface area contributed by atoms with Crippen LogP contribution < -0.4 is 5.32 Å². The van der Waals surface area contributed by atoms with Crippen LogP contribution in [0, 0.1) is 0 Å². The van der Waals surface area contributed by atoms with Crippen molar-refractivity contribution in [2.75, 3.05) is 11.5 Å². The molecule has 0 aromatic heterocycles. The molecule has 1 heterocycles. The molecule has 15 heavy (non-hydrogen) atoms. The minimum atomic E-state index is 0.678. The maximum atomic E-state index is 6.03. The van der Waals surface area contributed by atoms with Gasteiger partial charge >= 0.3 is 0 Å². The first-order valence-corrected chi connectivity index (χ1v) is 7.33. The summed E-state index contributed by atoms with van der Waals surface area (Å²) in [5, 5.41) is 4.34. The summed E-state index contributed by atoms with van der Waals surface area (Å²) in [5.74, 6) is 2.53. The Labute approximate surface area is 108 Å². The molecule has 1 unspecified atom stereocenters. The molecule has 0 aliphatic carbocycles. The molecular formula is C11H13BrClNS. The zero-order valence-corrected chi connectivity index (χ0v) is 11.5. The molecule has 1 aliphatic heterocycles. The highest BCUT2D eigenvalue weighted by Gasteiger charge is 2.14. The second-order valence-electron chi connectivity index (χ2n) is 3.69. The van der Waals surface area contributed by atoms with E-state index in [1.54, 1.807) is 0 Å². The van der Waals surface area contributed by atoms with E-state index in [0.717, 1.165) is 16.0 Å². The number of rotatable bonds is 3. The number of halogens is 2. The zero-order chi connectivity index (χ0) is 10.7. The first kappa shape index (κ1) is 11.8. The Balaban J connectivity index is 1.90. The largest absolute Gasteiger partial charge is 0.309 e. The highest BCUT2D eigenvalue weighted by Crippen LogP contribution is 2.23. The first-order valence-electron chi connectivity index (χ1n) is 5.01. The molecule has 0 amide bonds. The van der Waals surface area contributed by atoms with Crippen LogP contribution in [-0.2, 0) is 6.54 Å². The van der Waals surface area contributed by atoms with Crippen LogP contribution in [0.1, 0.15) is 12.0 Å². The van der Waals surface area contributed by atoms with Gasteiger partial charge in [-0.05, 0) is 45.8 Å². The van der Waals surface area contributed by atoms with E-state index in [-0.39, 0.29) is 0 Å². The fourth-order valence-electron chi connectivity index (χ4n) is 1.61. The minimum Gasteiger partial charge on any atom is -0.309 e. The molecule has 1 aromatic carbocycles. The van der Waals surface area contributed by atoms with E-state index in [2.05, 4.69) is 27.3 Å². The molecule has 82 valence electrons. The van der Waals surface area contributed by atoms with Crippen molar-refractivity contribution in [2.45, 2.75) is 19.0 Å². The van der Waals surface area contributed by atoms with E-state index in [1.807, 2.05) is 23.9 Å². The van der Waals surface area contributed by atoms with Crippen molar-refractivity contribution in [3.05, 3.63) is 33.3 Å². The summed E-state index contributed by atoms with van der Waals surface area (Å²) >= 11 is 11.4. The molecule has 1 atom stereocenters. The fraction of sp³-hybridized carbons (Fsp3) is 0.455. The number of nitrogens with one attached hydrogen (secondary N) is 1. The normalized spacial score (nSPS) is 20.8. The topological polar surface area (TPSA) is 12.0 Å². The van der Waals surface area contributed by atoms with E-state index < -0.39 is 0 Å². The highest BCUT2D eigenvalue weighted by atomic mass is 79.9. The van der Waals surface area contributed by atoms with Gasteiger partial charge in [0.15, 0.2) is 0 Å². The Bertz CT molecular complexity index is 339. The van der Waals surface area contributed by atoms with Crippen molar-refractivity contribution in [3.8, 4) is 0 Å². The van der Waals surface area contributed by atoms with Crippen molar-refractivity contribution in [3.63, 3.8) is 0 Å². The van der Waals surface area contributed by atoms with Crippen LogP contribution in [0.15, 0.2) is 22.7 Å². The van der Waals surface area contributed by atoms with Crippen molar-refractivity contribution < 1.29 is 0 Å². The smallest absolute Gasteiger partial charge is 0.0551 e. The van der Waals surface area contributed by atoms with Gasteiger partial charge in [-0.3, -0.25) is 0 Å². The van der Waals surface area contributed by atoms with E-state index in [4.69, 9.17) is 11.6 Å². The lowest BCUT2D eigenvalue weighted by molar-refractivity contribution is 0.558. The van der Waals surface area contributed by atoms with Crippen LogP contribution in [0.25, 0.3) is 0 Å². The number of thioether (sulfide) groups is 1. The summed E-state index contributed by atoms with van der Waals surface area (Å²) in [6.45, 7) is 0.915. The molecule has 1 nitrogen and oxygen atoms in total. The lowest BCUT2D eigenvalue weighted by Gasteiger charge is -2.11. The molecular weight excluding hydrogens is 294 g/mol. The molecule has 0 bridgehead atoms. The lowest BCUT2D eigenvalue weighted by atomic mass is 10.2. The summed E-state index contributed by atoms with van der Waals surface area (Å²) in [5.41, 5.74) is 1.25. The molecule has 0 spiro atoms. The fourth-order valence-corrected chi connectivity index (χ4v) is 3.24. The molecule has 4 heteroatoms. The lowest BCUT2D eigenvalue weighted by Crippen LogP contribution is -2.27. The number of hydrogen-bond acceptors (Lipinski definition) is 2. The second kappa shape index (κ2) is 5.58. The molecule has 1 N–H and O–H groups in total. The Morgan fingerprint density at radius 2 is 2.40 bits per heavy atom. The highest BCUT2D eigenvalue weighted by molar-refractivity contribution is 9.10. The zero-order valence-electron chi connectivity index (χ0n) is 8.30. The van der Waals surface area contributed by atoms with Gasteiger partial charge in [-0.1, -0.05) is 17.7 Å². The van der Waals surface area contributed by atoms with Gasteiger partial charge in [0.1, 0.15) is 0 Å². The van der Waals surface area contributed by atoms with Crippen LogP contribution in [0.3, 0.4) is 0 Å². The third kappa shape index (κ3) is 3.38. The number of benzene rings is 1. The van der Waals surface area contributed by atoms with Crippen LogP contribution in [0.5, 0.6) is 0 Å². The third-order valence-electron chi connectivity index (χ3n) is 2.51. The van der Waals surface area contributed by atoms with E-state index in [1.165, 1.54) is 23.5 Å². The van der Waals surface area contributed by atoms with E-state index in [9.17, 15) is 0 Å². The van der Waals surface area contributed by atoms with Crippen molar-refractivity contribution >= 4 is 39.3 Å². The van der Waals surface area contributed by atoms with Crippen LogP contribution >= 0.6 is 39.3 Å². The van der Waals surface area contributed by atoms with Crippen LogP contribution in [-0.4, -0.2) is 17.5 Å². The molecule has 1 fully saturated rings. The Morgan fingerprint density at radius 3 is 3.07 bits per heavy atom. The molecule has 1 saturated heterocycles. The van der Waals surface area contributed by atoms with Gasteiger partial charge in [0.2, 0.25) is 0 Å². The quantitative estimate of drug-likeness (QED) is 0.914. The van der Waals surface area contributed by atoms with Gasteiger partial charge in [0, 0.05) is 22.8 Å². The Kier molecular flexibility index (Phi) is 4.38. The Hall–Kier alpha value is 0.300. The summed E-state index contributed by atoms with van der Waals surface area (Å²) in [4.78, 5) is 0. The van der Waals surface area contributed by atoms with Gasteiger partial charge in [-0.2, -0.15) is 11.8 Å². The van der Waals surface area contributed by atoms with Crippen molar-refractivity contribution in [2.24, 2.45) is 0 Å². The van der Waals surface area contributed by atoms with Gasteiger partial charge in [-0.15, -0.1) is 0 Å². The monoisotopic (exact) mass is 305 g/mol. The van der Waals surface area contributed by atoms with Gasteiger partial charge < -0.3 is 5.32 Å². The summed E-state index contributed by atoms with van der Waals surface area (Å²) < 4.78 is 0.962. The average Bonchev–Trinajstić information content (AvgIpc) is 2.73. The third-order valence-corrected chi connectivity index (χ3v) is 4.90. The van der Waals surface area contributed by atoms with Gasteiger partial charge in [0.25, 0.3) is 0 Å². The molecule has 2 rings (SSSR count). The van der Waals surface area contributed by atoms with E-state index >= 15 is 0 Å². The Morgan fingerprint density at radius 1 is 1.53 bits per heavy atom. The molecule has 1 aromatic rings. The number of hydrogen-bond donors (Lipinski definition) is 1. The summed E-state index contributed by atoms with van der Waals surface area (Å²) in [6.07, 6.45) is 1.29. The van der Waals surface area contributed by atoms with Gasteiger partial charge in [0.05, 0.1) is 5.02 Å². The molecule has 0 saturated carbocycles. The predicted octanol–water partition coefficient (Wildman–Crippen LogP) is 3.70. The SMILES string of the molecule is Clc1cc(CNC2CCSC2)ccc1Br. The van der Waals surface area contributed by atoms with Crippen LogP contribution in [0.2, 0.25) is 5.02 Å². The molecule has 1 aliphatic rings. The van der Waals surface area contributed by atoms with Gasteiger partial charge in [-0.25, -0.2) is 0 Å². The molecule has 0 radical (unpaired) electrons. The summed E-state index contributed by atoms with van der Waals surface area (Å²) in [6, 6.07) is 6.80. The second-order valence-corrected chi connectivity index (χ2v) is 6.10. The standard InChI is InChI=1S/C11H13BrClNS/c12-10-2-1-8(5-11(10)13)6-14-9-3-4-15-7-9/h1-2,5,9,14H,3-4,6-7H2. The first-order chi connectivity index (χ1) is 7.25. The predicted molar refractivity (Wildman–Crippen MR) is 71.7 cm³/mol. The van der Waals surface area contributed by atoms with Crippen molar-refractivity contribution in [1.82, 2.24) is 5.32 Å². The van der Waals surface area contributed by atoms with E-state index in [0.29, 0.717) is 6.04 Å². The minimum absolute atomic E-state index is 0.678. The summed E-state index contributed by atoms with van der Waals surface area (Å²) in [7, 11) is 0. The maximum absolute atomic E-state index is 6.03. The maximum Gasteiger partial charge on any atom is 0.0551 e. The average molecular weight is 307 g/mol.